The summed E-state index contributed by atoms with van der Waals surface area (Å²) in [5.41, 5.74) is 0.360. The third kappa shape index (κ3) is 3.10. The largest absolute Gasteiger partial charge is 0.416 e. The zero-order valence-electron chi connectivity index (χ0n) is 8.77. The van der Waals surface area contributed by atoms with Crippen LogP contribution in [-0.4, -0.2) is 12.2 Å². The topological polar surface area (TPSA) is 24.1 Å². The quantitative estimate of drug-likeness (QED) is 0.747. The van der Waals surface area contributed by atoms with E-state index in [0.29, 0.717) is 11.3 Å². The molecular formula is C10H11F3N2S. The van der Waals surface area contributed by atoms with Crippen LogP contribution in [0.1, 0.15) is 11.1 Å². The molecule has 0 amide bonds. The average Bonchev–Trinajstić information content (AvgIpc) is 2.19. The maximum atomic E-state index is 12.4. The molecule has 0 atom stereocenters. The number of thiocarbonyl (C=S) groups is 1. The lowest BCUT2D eigenvalue weighted by Gasteiger charge is -2.13. The molecular weight excluding hydrogens is 237 g/mol. The van der Waals surface area contributed by atoms with Crippen LogP contribution in [0.3, 0.4) is 0 Å². The summed E-state index contributed by atoms with van der Waals surface area (Å²) < 4.78 is 37.3. The number of benzene rings is 1. The first kappa shape index (κ1) is 12.8. The summed E-state index contributed by atoms with van der Waals surface area (Å²) in [6.07, 6.45) is -4.34. The second-order valence-electron chi connectivity index (χ2n) is 3.23. The first-order valence-electron chi connectivity index (χ1n) is 4.51. The SMILES string of the molecule is CNC(=S)Nc1cc(C(F)(F)F)ccc1C. The molecule has 2 N–H and O–H groups in total. The summed E-state index contributed by atoms with van der Waals surface area (Å²) in [6, 6.07) is 3.49. The van der Waals surface area contributed by atoms with Gasteiger partial charge in [0.2, 0.25) is 0 Å². The molecule has 0 aliphatic carbocycles. The van der Waals surface area contributed by atoms with E-state index in [9.17, 15) is 13.2 Å². The second-order valence-corrected chi connectivity index (χ2v) is 3.64. The minimum Gasteiger partial charge on any atom is -0.366 e. The molecule has 1 aromatic rings. The van der Waals surface area contributed by atoms with E-state index in [1.165, 1.54) is 6.07 Å². The van der Waals surface area contributed by atoms with Crippen LogP contribution in [0.2, 0.25) is 0 Å². The van der Waals surface area contributed by atoms with E-state index >= 15 is 0 Å². The summed E-state index contributed by atoms with van der Waals surface area (Å²) in [4.78, 5) is 0. The van der Waals surface area contributed by atoms with Crippen molar-refractivity contribution in [3.63, 3.8) is 0 Å². The van der Waals surface area contributed by atoms with Crippen molar-refractivity contribution in [3.05, 3.63) is 29.3 Å². The Labute approximate surface area is 96.8 Å². The Kier molecular flexibility index (Phi) is 3.74. The van der Waals surface area contributed by atoms with Crippen molar-refractivity contribution < 1.29 is 13.2 Å². The molecule has 1 aromatic carbocycles. The Morgan fingerprint density at radius 3 is 2.44 bits per heavy atom. The number of aryl methyl sites for hydroxylation is 1. The number of hydrogen-bond donors (Lipinski definition) is 2. The number of anilines is 1. The highest BCUT2D eigenvalue weighted by Crippen LogP contribution is 2.31. The fourth-order valence-electron chi connectivity index (χ4n) is 1.12. The number of nitrogens with one attached hydrogen (secondary N) is 2. The molecule has 0 aliphatic heterocycles. The smallest absolute Gasteiger partial charge is 0.366 e. The highest BCUT2D eigenvalue weighted by Gasteiger charge is 2.30. The van der Waals surface area contributed by atoms with Crippen LogP contribution in [0, 0.1) is 6.92 Å². The Bertz CT molecular complexity index is 402. The van der Waals surface area contributed by atoms with Crippen LogP contribution >= 0.6 is 12.2 Å². The number of hydrogen-bond acceptors (Lipinski definition) is 1. The molecule has 0 fully saturated rings. The zero-order chi connectivity index (χ0) is 12.3. The molecule has 0 radical (unpaired) electrons. The van der Waals surface area contributed by atoms with Crippen molar-refractivity contribution in [2.45, 2.75) is 13.1 Å². The summed E-state index contributed by atoms with van der Waals surface area (Å²) >= 11 is 4.83. The van der Waals surface area contributed by atoms with E-state index in [-0.39, 0.29) is 5.11 Å². The van der Waals surface area contributed by atoms with Crippen molar-refractivity contribution in [2.75, 3.05) is 12.4 Å². The molecule has 0 saturated carbocycles. The van der Waals surface area contributed by atoms with Gasteiger partial charge in [-0.3, -0.25) is 0 Å². The number of alkyl halides is 3. The van der Waals surface area contributed by atoms with Crippen molar-refractivity contribution in [1.29, 1.82) is 0 Å². The molecule has 88 valence electrons. The van der Waals surface area contributed by atoms with Gasteiger partial charge in [0.1, 0.15) is 0 Å². The van der Waals surface area contributed by atoms with Gasteiger partial charge in [0.15, 0.2) is 5.11 Å². The predicted molar refractivity (Wildman–Crippen MR) is 61.5 cm³/mol. The van der Waals surface area contributed by atoms with E-state index in [0.717, 1.165) is 12.1 Å². The number of rotatable bonds is 1. The minimum atomic E-state index is -4.34. The lowest BCUT2D eigenvalue weighted by molar-refractivity contribution is -0.137. The molecule has 0 unspecified atom stereocenters. The monoisotopic (exact) mass is 248 g/mol. The van der Waals surface area contributed by atoms with Gasteiger partial charge in [0, 0.05) is 12.7 Å². The lowest BCUT2D eigenvalue weighted by Crippen LogP contribution is -2.24. The lowest BCUT2D eigenvalue weighted by atomic mass is 10.1. The summed E-state index contributed by atoms with van der Waals surface area (Å²) in [5.74, 6) is 0. The highest BCUT2D eigenvalue weighted by atomic mass is 32.1. The fraction of sp³-hybridized carbons (Fsp3) is 0.300. The van der Waals surface area contributed by atoms with Crippen molar-refractivity contribution in [3.8, 4) is 0 Å². The third-order valence-corrected chi connectivity index (χ3v) is 2.35. The van der Waals surface area contributed by atoms with Gasteiger partial charge in [-0.05, 0) is 36.8 Å². The van der Waals surface area contributed by atoms with Crippen molar-refractivity contribution in [1.82, 2.24) is 5.32 Å². The van der Waals surface area contributed by atoms with Gasteiger partial charge < -0.3 is 10.6 Å². The Hall–Kier alpha value is -1.30. The molecule has 0 bridgehead atoms. The van der Waals surface area contributed by atoms with Crippen LogP contribution in [-0.2, 0) is 6.18 Å². The third-order valence-electron chi connectivity index (χ3n) is 2.04. The summed E-state index contributed by atoms with van der Waals surface area (Å²) in [7, 11) is 1.60. The first-order chi connectivity index (χ1) is 7.34. The molecule has 0 aromatic heterocycles. The summed E-state index contributed by atoms with van der Waals surface area (Å²) in [6.45, 7) is 1.71. The maximum absolute atomic E-state index is 12.4. The maximum Gasteiger partial charge on any atom is 0.416 e. The van der Waals surface area contributed by atoms with E-state index in [4.69, 9.17) is 12.2 Å². The second kappa shape index (κ2) is 4.69. The molecule has 6 heteroatoms. The van der Waals surface area contributed by atoms with Gasteiger partial charge in [-0.2, -0.15) is 13.2 Å². The molecule has 0 aliphatic rings. The van der Waals surface area contributed by atoms with Crippen molar-refractivity contribution in [2.24, 2.45) is 0 Å². The van der Waals surface area contributed by atoms with Gasteiger partial charge in [0.05, 0.1) is 5.56 Å². The predicted octanol–water partition coefficient (Wildman–Crippen LogP) is 2.93. The Balaban J connectivity index is 3.04. The van der Waals surface area contributed by atoms with Crippen LogP contribution < -0.4 is 10.6 Å². The van der Waals surface area contributed by atoms with Crippen LogP contribution in [0.15, 0.2) is 18.2 Å². The molecule has 0 saturated heterocycles. The highest BCUT2D eigenvalue weighted by molar-refractivity contribution is 7.80. The fourth-order valence-corrected chi connectivity index (χ4v) is 1.23. The Morgan fingerprint density at radius 1 is 1.31 bits per heavy atom. The molecule has 2 nitrogen and oxygen atoms in total. The van der Waals surface area contributed by atoms with Crippen LogP contribution in [0.25, 0.3) is 0 Å². The normalized spacial score (nSPS) is 11.1. The van der Waals surface area contributed by atoms with E-state index < -0.39 is 11.7 Å². The summed E-state index contributed by atoms with van der Waals surface area (Å²) in [5, 5.41) is 5.61. The standard InChI is InChI=1S/C10H11F3N2S/c1-6-3-4-7(10(11,12)13)5-8(6)15-9(16)14-2/h3-5H,1-2H3,(H2,14,15,16). The molecule has 1 rings (SSSR count). The van der Waals surface area contributed by atoms with Gasteiger partial charge in [-0.25, -0.2) is 0 Å². The number of halogens is 3. The van der Waals surface area contributed by atoms with E-state index in [1.807, 2.05) is 0 Å². The van der Waals surface area contributed by atoms with E-state index in [1.54, 1.807) is 14.0 Å². The van der Waals surface area contributed by atoms with Gasteiger partial charge >= 0.3 is 6.18 Å². The zero-order valence-corrected chi connectivity index (χ0v) is 9.59. The minimum absolute atomic E-state index is 0.280. The van der Waals surface area contributed by atoms with Crippen LogP contribution in [0.5, 0.6) is 0 Å². The molecule has 0 spiro atoms. The first-order valence-corrected chi connectivity index (χ1v) is 4.92. The van der Waals surface area contributed by atoms with Gasteiger partial charge in [0.25, 0.3) is 0 Å². The van der Waals surface area contributed by atoms with Gasteiger partial charge in [-0.15, -0.1) is 0 Å². The van der Waals surface area contributed by atoms with Crippen LogP contribution in [0.4, 0.5) is 18.9 Å². The average molecular weight is 248 g/mol. The van der Waals surface area contributed by atoms with Gasteiger partial charge in [-0.1, -0.05) is 6.07 Å². The van der Waals surface area contributed by atoms with Crippen molar-refractivity contribution >= 4 is 23.0 Å². The molecule has 16 heavy (non-hydrogen) atoms. The molecule has 0 heterocycles. The van der Waals surface area contributed by atoms with E-state index in [2.05, 4.69) is 10.6 Å². The Morgan fingerprint density at radius 2 is 1.94 bits per heavy atom.